The van der Waals surface area contributed by atoms with Crippen LogP contribution < -0.4 is 0 Å². The van der Waals surface area contributed by atoms with E-state index in [2.05, 4.69) is 0 Å². The molecule has 0 saturated carbocycles. The number of sulfone groups is 1. The van der Waals surface area contributed by atoms with Crippen molar-refractivity contribution in [3.05, 3.63) is 35.9 Å². The van der Waals surface area contributed by atoms with Gasteiger partial charge in [-0.25, -0.2) is 8.42 Å². The Bertz CT molecular complexity index is 509. The molecule has 0 spiro atoms. The molecule has 0 saturated heterocycles. The molecule has 18 heavy (non-hydrogen) atoms. The first kappa shape index (κ1) is 14.7. The molecule has 0 amide bonds. The Morgan fingerprint density at radius 2 is 1.83 bits per heavy atom. The highest BCUT2D eigenvalue weighted by Gasteiger charge is 2.40. The molecule has 0 heterocycles. The van der Waals surface area contributed by atoms with Crippen LogP contribution in [0.2, 0.25) is 0 Å². The van der Waals surface area contributed by atoms with E-state index in [1.165, 1.54) is 0 Å². The first-order valence-corrected chi connectivity index (χ1v) is 7.45. The van der Waals surface area contributed by atoms with Crippen LogP contribution in [-0.4, -0.2) is 43.2 Å². The number of hydrogen-bond acceptors (Lipinski definition) is 4. The first-order valence-electron chi connectivity index (χ1n) is 5.39. The highest BCUT2D eigenvalue weighted by atomic mass is 32.2. The highest BCUT2D eigenvalue weighted by Crippen LogP contribution is 2.28. The maximum Gasteiger partial charge on any atom is 0.316 e. The van der Waals surface area contributed by atoms with Gasteiger partial charge in [0, 0.05) is 6.26 Å². The summed E-state index contributed by atoms with van der Waals surface area (Å²) in [6.45, 7) is -0.637. The molecule has 0 aliphatic carbocycles. The van der Waals surface area contributed by atoms with Gasteiger partial charge in [-0.2, -0.15) is 0 Å². The SMILES string of the molecule is CS(=O)(=O)CC[C@](CO)(C(=O)O)c1ccccc1. The molecule has 0 unspecified atom stereocenters. The molecule has 0 fully saturated rings. The molecule has 0 aromatic heterocycles. The van der Waals surface area contributed by atoms with Crippen molar-refractivity contribution in [1.29, 1.82) is 0 Å². The third kappa shape index (κ3) is 3.30. The van der Waals surface area contributed by atoms with Crippen LogP contribution in [0.5, 0.6) is 0 Å². The quantitative estimate of drug-likeness (QED) is 0.784. The van der Waals surface area contributed by atoms with Gasteiger partial charge in [-0.05, 0) is 12.0 Å². The van der Waals surface area contributed by atoms with Gasteiger partial charge in [0.2, 0.25) is 0 Å². The summed E-state index contributed by atoms with van der Waals surface area (Å²) in [5.41, 5.74) is -1.16. The molecule has 0 radical (unpaired) electrons. The van der Waals surface area contributed by atoms with E-state index in [0.29, 0.717) is 5.56 Å². The largest absolute Gasteiger partial charge is 0.481 e. The second-order valence-electron chi connectivity index (χ2n) is 4.29. The summed E-state index contributed by atoms with van der Waals surface area (Å²) in [4.78, 5) is 11.4. The molecule has 5 nitrogen and oxygen atoms in total. The predicted octanol–water partition coefficient (Wildman–Crippen LogP) is 0.436. The number of carbonyl (C=O) groups is 1. The fourth-order valence-electron chi connectivity index (χ4n) is 1.73. The summed E-state index contributed by atoms with van der Waals surface area (Å²) in [6.07, 6.45) is 0.893. The van der Waals surface area contributed by atoms with Crippen LogP contribution in [0.15, 0.2) is 30.3 Å². The number of benzene rings is 1. The van der Waals surface area contributed by atoms with Crippen LogP contribution >= 0.6 is 0 Å². The van der Waals surface area contributed by atoms with Gasteiger partial charge in [0.25, 0.3) is 0 Å². The molecule has 1 rings (SSSR count). The van der Waals surface area contributed by atoms with Crippen molar-refractivity contribution >= 4 is 15.8 Å². The van der Waals surface area contributed by atoms with Crippen molar-refractivity contribution < 1.29 is 23.4 Å². The number of aliphatic hydroxyl groups excluding tert-OH is 1. The van der Waals surface area contributed by atoms with E-state index in [4.69, 9.17) is 0 Å². The topological polar surface area (TPSA) is 91.7 Å². The summed E-state index contributed by atoms with van der Waals surface area (Å²) >= 11 is 0. The third-order valence-corrected chi connectivity index (χ3v) is 3.85. The lowest BCUT2D eigenvalue weighted by Crippen LogP contribution is -2.41. The third-order valence-electron chi connectivity index (χ3n) is 2.91. The minimum absolute atomic E-state index is 0.151. The summed E-state index contributed by atoms with van der Waals surface area (Å²) in [6, 6.07) is 8.19. The van der Waals surface area contributed by atoms with E-state index in [1.807, 2.05) is 0 Å². The molecule has 1 atom stereocenters. The van der Waals surface area contributed by atoms with Gasteiger partial charge in [-0.1, -0.05) is 30.3 Å². The minimum atomic E-state index is -3.28. The number of rotatable bonds is 6. The normalized spacial score (nSPS) is 15.0. The van der Waals surface area contributed by atoms with Crippen LogP contribution in [0.25, 0.3) is 0 Å². The lowest BCUT2D eigenvalue weighted by atomic mass is 9.79. The van der Waals surface area contributed by atoms with Crippen molar-refractivity contribution in [2.24, 2.45) is 0 Å². The lowest BCUT2D eigenvalue weighted by Gasteiger charge is -2.27. The molecule has 0 aliphatic rings. The number of aliphatic carboxylic acids is 1. The van der Waals surface area contributed by atoms with Gasteiger partial charge in [0.05, 0.1) is 12.4 Å². The molecule has 1 aromatic carbocycles. The fourth-order valence-corrected chi connectivity index (χ4v) is 2.45. The highest BCUT2D eigenvalue weighted by molar-refractivity contribution is 7.90. The molecule has 1 aromatic rings. The number of carboxylic acids is 1. The van der Waals surface area contributed by atoms with E-state index >= 15 is 0 Å². The average Bonchev–Trinajstić information content (AvgIpc) is 2.30. The maximum absolute atomic E-state index is 11.4. The Morgan fingerprint density at radius 1 is 1.28 bits per heavy atom. The maximum atomic E-state index is 11.4. The van der Waals surface area contributed by atoms with Crippen LogP contribution in [0.3, 0.4) is 0 Å². The first-order chi connectivity index (χ1) is 8.32. The summed E-state index contributed by atoms with van der Waals surface area (Å²) in [5, 5.41) is 18.7. The van der Waals surface area contributed by atoms with Gasteiger partial charge < -0.3 is 10.2 Å². The van der Waals surface area contributed by atoms with E-state index in [0.717, 1.165) is 6.26 Å². The van der Waals surface area contributed by atoms with Crippen molar-refractivity contribution in [2.45, 2.75) is 11.8 Å². The molecule has 2 N–H and O–H groups in total. The number of carboxylic acid groups (broad SMARTS) is 1. The Balaban J connectivity index is 3.15. The van der Waals surface area contributed by atoms with E-state index in [-0.39, 0.29) is 12.2 Å². The van der Waals surface area contributed by atoms with Gasteiger partial charge in [0.15, 0.2) is 0 Å². The zero-order valence-electron chi connectivity index (χ0n) is 10.0. The van der Waals surface area contributed by atoms with E-state index in [1.54, 1.807) is 30.3 Å². The standard InChI is InChI=1S/C12H16O5S/c1-18(16,17)8-7-12(9-13,11(14)15)10-5-3-2-4-6-10/h2-6,13H,7-9H2,1H3,(H,14,15)/t12-/m1/s1. The monoisotopic (exact) mass is 272 g/mol. The Hall–Kier alpha value is -1.40. The van der Waals surface area contributed by atoms with Crippen LogP contribution in [-0.2, 0) is 20.0 Å². The number of aliphatic hydroxyl groups is 1. The zero-order valence-corrected chi connectivity index (χ0v) is 10.9. The van der Waals surface area contributed by atoms with Gasteiger partial charge in [-0.3, -0.25) is 4.79 Å². The molecular weight excluding hydrogens is 256 g/mol. The van der Waals surface area contributed by atoms with Crippen LogP contribution in [0.1, 0.15) is 12.0 Å². The summed E-state index contributed by atoms with van der Waals surface area (Å²) in [7, 11) is -3.28. The fraction of sp³-hybridized carbons (Fsp3) is 0.417. The molecule has 6 heteroatoms. The van der Waals surface area contributed by atoms with Gasteiger partial charge in [0.1, 0.15) is 15.3 Å². The second kappa shape index (κ2) is 5.49. The molecule has 0 bridgehead atoms. The van der Waals surface area contributed by atoms with Crippen molar-refractivity contribution in [3.63, 3.8) is 0 Å². The van der Waals surface area contributed by atoms with Gasteiger partial charge >= 0.3 is 5.97 Å². The lowest BCUT2D eigenvalue weighted by molar-refractivity contribution is -0.145. The van der Waals surface area contributed by atoms with Crippen LogP contribution in [0, 0.1) is 0 Å². The minimum Gasteiger partial charge on any atom is -0.481 e. The Kier molecular flexibility index (Phi) is 4.48. The molecule has 0 aliphatic heterocycles. The molecular formula is C12H16O5S. The van der Waals surface area contributed by atoms with Crippen molar-refractivity contribution in [2.75, 3.05) is 18.6 Å². The van der Waals surface area contributed by atoms with Crippen LogP contribution in [0.4, 0.5) is 0 Å². The smallest absolute Gasteiger partial charge is 0.316 e. The average molecular weight is 272 g/mol. The predicted molar refractivity (Wildman–Crippen MR) is 67.2 cm³/mol. The molecule has 100 valence electrons. The van der Waals surface area contributed by atoms with E-state index in [9.17, 15) is 23.4 Å². The van der Waals surface area contributed by atoms with Gasteiger partial charge in [-0.15, -0.1) is 0 Å². The number of hydrogen-bond donors (Lipinski definition) is 2. The summed E-state index contributed by atoms with van der Waals surface area (Å²) in [5.74, 6) is -1.51. The second-order valence-corrected chi connectivity index (χ2v) is 6.55. The zero-order chi connectivity index (χ0) is 13.8. The van der Waals surface area contributed by atoms with E-state index < -0.39 is 27.8 Å². The Labute approximate surface area is 106 Å². The summed E-state index contributed by atoms with van der Waals surface area (Å²) < 4.78 is 22.3. The Morgan fingerprint density at radius 3 is 2.22 bits per heavy atom. The van der Waals surface area contributed by atoms with Crippen molar-refractivity contribution in [3.8, 4) is 0 Å². The van der Waals surface area contributed by atoms with Crippen molar-refractivity contribution in [1.82, 2.24) is 0 Å².